The Kier molecular flexibility index (Phi) is 3.85. The Bertz CT molecular complexity index is 1090. The van der Waals surface area contributed by atoms with Crippen molar-refractivity contribution in [1.29, 1.82) is 0 Å². The summed E-state index contributed by atoms with van der Waals surface area (Å²) in [7, 11) is 0. The van der Waals surface area contributed by atoms with Crippen molar-refractivity contribution in [2.45, 2.75) is 31.7 Å². The van der Waals surface area contributed by atoms with Crippen LogP contribution in [0.1, 0.15) is 46.1 Å². The van der Waals surface area contributed by atoms with Crippen molar-refractivity contribution in [2.75, 3.05) is 6.54 Å². The van der Waals surface area contributed by atoms with Gasteiger partial charge in [0.1, 0.15) is 0 Å². The molecule has 2 atom stereocenters. The molecule has 0 bridgehead atoms. The second kappa shape index (κ2) is 6.40. The normalized spacial score (nSPS) is 21.4. The van der Waals surface area contributed by atoms with Crippen LogP contribution in [0.3, 0.4) is 0 Å². The number of piperidine rings is 1. The third kappa shape index (κ3) is 2.81. The number of hydrogen-bond acceptors (Lipinski definition) is 5. The van der Waals surface area contributed by atoms with E-state index in [9.17, 15) is 9.18 Å². The van der Waals surface area contributed by atoms with E-state index in [-0.39, 0.29) is 17.9 Å². The fourth-order valence-electron chi connectivity index (χ4n) is 3.90. The smallest absolute Gasteiger partial charge is 0.255 e. The van der Waals surface area contributed by atoms with Gasteiger partial charge < -0.3 is 14.4 Å². The summed E-state index contributed by atoms with van der Waals surface area (Å²) in [5.41, 5.74) is 2.86. The van der Waals surface area contributed by atoms with Crippen molar-refractivity contribution in [3.8, 4) is 11.5 Å². The molecule has 5 heterocycles. The fraction of sp³-hybridized carbons (Fsp3) is 0.300. The van der Waals surface area contributed by atoms with Crippen molar-refractivity contribution in [3.63, 3.8) is 0 Å². The minimum Gasteiger partial charge on any atom is -0.358 e. The lowest BCUT2D eigenvalue weighted by atomic mass is 9.92. The van der Waals surface area contributed by atoms with Crippen LogP contribution in [-0.4, -0.2) is 43.5 Å². The van der Waals surface area contributed by atoms with Gasteiger partial charge in [-0.25, -0.2) is 4.98 Å². The van der Waals surface area contributed by atoms with E-state index >= 15 is 0 Å². The lowest BCUT2D eigenvalue weighted by Gasteiger charge is -2.36. The Labute approximate surface area is 160 Å². The lowest BCUT2D eigenvalue weighted by Crippen LogP contribution is -2.45. The van der Waals surface area contributed by atoms with E-state index in [2.05, 4.69) is 20.1 Å². The van der Waals surface area contributed by atoms with Gasteiger partial charge in [0.2, 0.25) is 17.7 Å². The number of halogens is 1. The van der Waals surface area contributed by atoms with E-state index in [1.54, 1.807) is 4.90 Å². The molecule has 2 unspecified atom stereocenters. The van der Waals surface area contributed by atoms with Crippen molar-refractivity contribution >= 4 is 12.0 Å². The second-order valence-electron chi connectivity index (χ2n) is 7.30. The largest absolute Gasteiger partial charge is 0.358 e. The van der Waals surface area contributed by atoms with Gasteiger partial charge in [0.05, 0.1) is 23.2 Å². The topological polar surface area (TPSA) is 87.9 Å². The lowest BCUT2D eigenvalue weighted by molar-refractivity contribution is 0.0629. The first-order valence-corrected chi connectivity index (χ1v) is 9.22. The number of rotatable bonds is 2. The highest BCUT2D eigenvalue weighted by Crippen LogP contribution is 2.34. The monoisotopic (exact) mass is 379 g/mol. The number of H-pyrrole nitrogens is 1. The highest BCUT2D eigenvalue weighted by atomic mass is 19.1. The Morgan fingerprint density at radius 3 is 3.04 bits per heavy atom. The van der Waals surface area contributed by atoms with Crippen LogP contribution in [0.15, 0.2) is 35.1 Å². The summed E-state index contributed by atoms with van der Waals surface area (Å²) in [4.78, 5) is 26.1. The number of hydrogen-bond donors (Lipinski definition) is 1. The molecule has 142 valence electrons. The molecule has 1 amide bonds. The Morgan fingerprint density at radius 2 is 2.21 bits per heavy atom. The van der Waals surface area contributed by atoms with Gasteiger partial charge in [-0.2, -0.15) is 9.37 Å². The molecule has 1 saturated heterocycles. The molecule has 2 aliphatic rings. The molecule has 0 aromatic carbocycles. The van der Waals surface area contributed by atoms with Crippen LogP contribution in [0.4, 0.5) is 4.39 Å². The SMILES string of the molecule is Cc1c[nH]c(-c2noc(C3CCC4C=Cc5cnc(F)cc5C(=O)N4C3)n2)c1. The first-order valence-electron chi connectivity index (χ1n) is 9.22. The molecule has 7 nitrogen and oxygen atoms in total. The number of carbonyl (C=O) groups excluding carboxylic acids is 1. The molecule has 8 heteroatoms. The summed E-state index contributed by atoms with van der Waals surface area (Å²) in [5, 5.41) is 4.07. The van der Waals surface area contributed by atoms with Crippen LogP contribution in [0.25, 0.3) is 17.6 Å². The van der Waals surface area contributed by atoms with Gasteiger partial charge >= 0.3 is 0 Å². The molecular weight excluding hydrogens is 361 g/mol. The van der Waals surface area contributed by atoms with Gasteiger partial charge in [-0.1, -0.05) is 17.3 Å². The van der Waals surface area contributed by atoms with Gasteiger partial charge in [0, 0.05) is 30.6 Å². The molecule has 0 radical (unpaired) electrons. The number of nitrogens with one attached hydrogen (secondary N) is 1. The van der Waals surface area contributed by atoms with Gasteiger partial charge in [0.15, 0.2) is 0 Å². The van der Waals surface area contributed by atoms with E-state index in [4.69, 9.17) is 4.52 Å². The molecule has 0 spiro atoms. The standard InChI is InChI=1S/C20H18FN5O2/c1-11-6-16(22-8-11)18-24-19(28-25-18)13-3-5-14-4-2-12-9-23-17(21)7-15(12)20(27)26(14)10-13/h2,4,6-9,13-14,22H,3,5,10H2,1H3. The molecule has 2 aliphatic heterocycles. The number of pyridine rings is 1. The zero-order chi connectivity index (χ0) is 19.3. The number of aromatic amines is 1. The summed E-state index contributed by atoms with van der Waals surface area (Å²) in [6.45, 7) is 2.43. The number of aryl methyl sites for hydroxylation is 1. The average Bonchev–Trinajstić information content (AvgIpc) is 3.32. The number of nitrogens with zero attached hydrogens (tertiary/aromatic N) is 4. The number of amides is 1. The predicted molar refractivity (Wildman–Crippen MR) is 98.9 cm³/mol. The van der Waals surface area contributed by atoms with Crippen LogP contribution < -0.4 is 0 Å². The maximum absolute atomic E-state index is 13.6. The highest BCUT2D eigenvalue weighted by Gasteiger charge is 2.36. The summed E-state index contributed by atoms with van der Waals surface area (Å²) >= 11 is 0. The summed E-state index contributed by atoms with van der Waals surface area (Å²) in [6.07, 6.45) is 8.72. The predicted octanol–water partition coefficient (Wildman–Crippen LogP) is 3.32. The number of aromatic nitrogens is 4. The molecule has 3 aromatic rings. The average molecular weight is 379 g/mol. The number of fused-ring (bicyclic) bond motifs is 2. The Morgan fingerprint density at radius 1 is 1.32 bits per heavy atom. The Hall–Kier alpha value is -3.29. The molecule has 3 aromatic heterocycles. The number of carbonyl (C=O) groups is 1. The van der Waals surface area contributed by atoms with E-state index in [0.717, 1.165) is 24.1 Å². The molecule has 5 rings (SSSR count). The van der Waals surface area contributed by atoms with Crippen molar-refractivity contribution in [1.82, 2.24) is 25.0 Å². The van der Waals surface area contributed by atoms with Crippen LogP contribution in [0.5, 0.6) is 0 Å². The van der Waals surface area contributed by atoms with Gasteiger partial charge in [-0.15, -0.1) is 0 Å². The maximum atomic E-state index is 13.6. The fourth-order valence-corrected chi connectivity index (χ4v) is 3.90. The molecule has 0 aliphatic carbocycles. The molecule has 0 saturated carbocycles. The van der Waals surface area contributed by atoms with Crippen molar-refractivity contribution in [2.24, 2.45) is 0 Å². The first-order chi connectivity index (χ1) is 13.6. The molecule has 28 heavy (non-hydrogen) atoms. The molecular formula is C20H18FN5O2. The molecule has 1 N–H and O–H groups in total. The van der Waals surface area contributed by atoms with Crippen molar-refractivity contribution in [3.05, 3.63) is 59.1 Å². The first kappa shape index (κ1) is 16.9. The third-order valence-corrected chi connectivity index (χ3v) is 5.38. The van der Waals surface area contributed by atoms with E-state index in [0.29, 0.717) is 29.4 Å². The van der Waals surface area contributed by atoms with E-state index < -0.39 is 5.95 Å². The van der Waals surface area contributed by atoms with E-state index in [1.165, 1.54) is 12.3 Å². The summed E-state index contributed by atoms with van der Waals surface area (Å²) in [6, 6.07) is 3.12. The zero-order valence-electron chi connectivity index (χ0n) is 15.2. The van der Waals surface area contributed by atoms with Crippen LogP contribution >= 0.6 is 0 Å². The van der Waals surface area contributed by atoms with Crippen molar-refractivity contribution < 1.29 is 13.7 Å². The third-order valence-electron chi connectivity index (χ3n) is 5.38. The summed E-state index contributed by atoms with van der Waals surface area (Å²) in [5.74, 6) is 0.110. The van der Waals surface area contributed by atoms with Crippen LogP contribution in [0.2, 0.25) is 0 Å². The minimum atomic E-state index is -0.657. The van der Waals surface area contributed by atoms with Crippen LogP contribution in [0, 0.1) is 12.9 Å². The quantitative estimate of drug-likeness (QED) is 0.690. The summed E-state index contributed by atoms with van der Waals surface area (Å²) < 4.78 is 19.1. The van der Waals surface area contributed by atoms with Gasteiger partial charge in [0.25, 0.3) is 5.91 Å². The maximum Gasteiger partial charge on any atom is 0.255 e. The van der Waals surface area contributed by atoms with Gasteiger partial charge in [-0.3, -0.25) is 4.79 Å². The van der Waals surface area contributed by atoms with Crippen LogP contribution in [-0.2, 0) is 0 Å². The zero-order valence-corrected chi connectivity index (χ0v) is 15.2. The second-order valence-corrected chi connectivity index (χ2v) is 7.30. The Balaban J connectivity index is 1.42. The van der Waals surface area contributed by atoms with Gasteiger partial charge in [-0.05, 0) is 31.4 Å². The van der Waals surface area contributed by atoms with E-state index in [1.807, 2.05) is 31.3 Å². The highest BCUT2D eigenvalue weighted by molar-refractivity contribution is 5.99. The minimum absolute atomic E-state index is 0.0346. The molecule has 1 fully saturated rings.